The first-order valence-corrected chi connectivity index (χ1v) is 12.6. The molecule has 3 aromatic rings. The molecule has 0 aliphatic carbocycles. The number of anilines is 2. The molecule has 1 aromatic heterocycles. The molecule has 3 rings (SSSR count). The van der Waals surface area contributed by atoms with Crippen LogP contribution < -0.4 is 14.8 Å². The smallest absolute Gasteiger partial charge is 0.263 e. The predicted octanol–water partition coefficient (Wildman–Crippen LogP) is 4.82. The van der Waals surface area contributed by atoms with E-state index < -0.39 is 10.0 Å². The molecule has 8 nitrogen and oxygen atoms in total. The normalized spacial score (nSPS) is 11.3. The minimum atomic E-state index is -3.81. The van der Waals surface area contributed by atoms with Crippen LogP contribution in [0.25, 0.3) is 0 Å². The van der Waals surface area contributed by atoms with Gasteiger partial charge in [0.25, 0.3) is 10.0 Å². The first kappa shape index (κ1) is 25.2. The number of sulfonamides is 1. The van der Waals surface area contributed by atoms with Crippen LogP contribution in [0.5, 0.6) is 5.75 Å². The second-order valence-electron chi connectivity index (χ2n) is 8.30. The van der Waals surface area contributed by atoms with E-state index in [4.69, 9.17) is 4.74 Å². The van der Waals surface area contributed by atoms with Gasteiger partial charge in [-0.25, -0.2) is 18.4 Å². The monoisotopic (exact) mass is 482 g/mol. The fourth-order valence-corrected chi connectivity index (χ4v) is 4.27. The number of benzene rings is 2. The zero-order valence-corrected chi connectivity index (χ0v) is 20.6. The number of hydrogen-bond acceptors (Lipinski definition) is 6. The lowest BCUT2D eigenvalue weighted by Gasteiger charge is -2.10. The minimum Gasteiger partial charge on any atom is -0.494 e. The number of aryl methyl sites for hydroxylation is 2. The van der Waals surface area contributed by atoms with Gasteiger partial charge in [-0.15, -0.1) is 0 Å². The van der Waals surface area contributed by atoms with Crippen molar-refractivity contribution in [1.29, 1.82) is 0 Å². The van der Waals surface area contributed by atoms with Gasteiger partial charge in [0.1, 0.15) is 17.4 Å². The van der Waals surface area contributed by atoms with Crippen LogP contribution in [0, 0.1) is 13.8 Å². The molecule has 9 heteroatoms. The van der Waals surface area contributed by atoms with E-state index in [1.165, 1.54) is 17.7 Å². The van der Waals surface area contributed by atoms with Crippen molar-refractivity contribution in [1.82, 2.24) is 9.97 Å². The molecular weight excluding hydrogens is 452 g/mol. The number of aromatic nitrogens is 2. The Labute approximate surface area is 200 Å². The number of amides is 1. The molecule has 1 heterocycles. The summed E-state index contributed by atoms with van der Waals surface area (Å²) >= 11 is 0. The van der Waals surface area contributed by atoms with Crippen molar-refractivity contribution in [2.24, 2.45) is 0 Å². The Hall–Kier alpha value is -3.46. The van der Waals surface area contributed by atoms with E-state index in [9.17, 15) is 13.2 Å². The van der Waals surface area contributed by atoms with Crippen molar-refractivity contribution >= 4 is 27.4 Å². The van der Waals surface area contributed by atoms with E-state index in [0.29, 0.717) is 36.2 Å². The summed E-state index contributed by atoms with van der Waals surface area (Å²) in [6.45, 7) is 8.16. The predicted molar refractivity (Wildman–Crippen MR) is 133 cm³/mol. The summed E-state index contributed by atoms with van der Waals surface area (Å²) in [7, 11) is -3.81. The maximum Gasteiger partial charge on any atom is 0.263 e. The van der Waals surface area contributed by atoms with Crippen molar-refractivity contribution < 1.29 is 17.9 Å². The number of ether oxygens (including phenoxy) is 1. The van der Waals surface area contributed by atoms with Crippen molar-refractivity contribution in [2.45, 2.75) is 51.3 Å². The SMILES string of the molecule is Cc1cc(NS(=O)(=O)c2ccc(NC(=O)CCCOc3ccc(C(C)C)cc3)cc2)nc(C)n1. The lowest BCUT2D eigenvalue weighted by atomic mass is 10.0. The molecule has 2 N–H and O–H groups in total. The summed E-state index contributed by atoms with van der Waals surface area (Å²) in [6.07, 6.45) is 0.851. The van der Waals surface area contributed by atoms with E-state index in [-0.39, 0.29) is 23.0 Å². The summed E-state index contributed by atoms with van der Waals surface area (Å²) < 4.78 is 33.4. The van der Waals surface area contributed by atoms with Gasteiger partial charge in [-0.05, 0) is 68.1 Å². The minimum absolute atomic E-state index is 0.0660. The second-order valence-corrected chi connectivity index (χ2v) is 9.98. The highest BCUT2D eigenvalue weighted by Gasteiger charge is 2.16. The molecule has 34 heavy (non-hydrogen) atoms. The molecule has 0 saturated carbocycles. The highest BCUT2D eigenvalue weighted by atomic mass is 32.2. The number of carbonyl (C=O) groups excluding carboxylic acids is 1. The van der Waals surface area contributed by atoms with Gasteiger partial charge in [-0.1, -0.05) is 26.0 Å². The Balaban J connectivity index is 1.47. The van der Waals surface area contributed by atoms with Gasteiger partial charge in [-0.3, -0.25) is 9.52 Å². The Morgan fingerprint density at radius 1 is 1.00 bits per heavy atom. The van der Waals surface area contributed by atoms with E-state index in [0.717, 1.165) is 5.75 Å². The first-order chi connectivity index (χ1) is 16.1. The van der Waals surface area contributed by atoms with Crippen LogP contribution in [0.1, 0.15) is 49.7 Å². The summed E-state index contributed by atoms with van der Waals surface area (Å²) in [5, 5.41) is 2.77. The zero-order chi connectivity index (χ0) is 24.7. The van der Waals surface area contributed by atoms with Crippen molar-refractivity contribution in [2.75, 3.05) is 16.6 Å². The largest absolute Gasteiger partial charge is 0.494 e. The quantitative estimate of drug-likeness (QED) is 0.401. The number of carbonyl (C=O) groups is 1. The third kappa shape index (κ3) is 7.28. The lowest BCUT2D eigenvalue weighted by Crippen LogP contribution is -2.15. The zero-order valence-electron chi connectivity index (χ0n) is 19.8. The summed E-state index contributed by atoms with van der Waals surface area (Å²) in [5.74, 6) is 1.77. The third-order valence-corrected chi connectivity index (χ3v) is 6.39. The number of nitrogens with zero attached hydrogens (tertiary/aromatic N) is 2. The Morgan fingerprint density at radius 2 is 1.68 bits per heavy atom. The maximum atomic E-state index is 12.6. The highest BCUT2D eigenvalue weighted by Crippen LogP contribution is 2.20. The maximum absolute atomic E-state index is 12.6. The average molecular weight is 483 g/mol. The van der Waals surface area contributed by atoms with Gasteiger partial charge < -0.3 is 10.1 Å². The Morgan fingerprint density at radius 3 is 2.29 bits per heavy atom. The molecule has 0 saturated heterocycles. The topological polar surface area (TPSA) is 110 Å². The summed E-state index contributed by atoms with van der Waals surface area (Å²) in [5.41, 5.74) is 2.43. The van der Waals surface area contributed by atoms with Crippen LogP contribution in [0.3, 0.4) is 0 Å². The van der Waals surface area contributed by atoms with E-state index in [1.54, 1.807) is 32.0 Å². The molecule has 0 radical (unpaired) electrons. The van der Waals surface area contributed by atoms with Gasteiger partial charge >= 0.3 is 0 Å². The third-order valence-electron chi connectivity index (χ3n) is 5.02. The van der Waals surface area contributed by atoms with E-state index in [2.05, 4.69) is 33.9 Å². The lowest BCUT2D eigenvalue weighted by molar-refractivity contribution is -0.116. The highest BCUT2D eigenvalue weighted by molar-refractivity contribution is 7.92. The molecule has 0 spiro atoms. The van der Waals surface area contributed by atoms with E-state index in [1.807, 2.05) is 24.3 Å². The average Bonchev–Trinajstić information content (AvgIpc) is 2.76. The fourth-order valence-electron chi connectivity index (χ4n) is 3.28. The molecule has 0 atom stereocenters. The standard InChI is InChI=1S/C25H30N4O4S/c1-17(2)20-7-11-22(12-8-20)33-15-5-6-25(30)28-21-9-13-23(14-10-21)34(31,32)29-24-16-18(3)26-19(4)27-24/h7-14,16-17H,5-6,15H2,1-4H3,(H,28,30)(H,26,27,29). The van der Waals surface area contributed by atoms with Gasteiger partial charge in [0.05, 0.1) is 11.5 Å². The van der Waals surface area contributed by atoms with Gasteiger partial charge in [0, 0.05) is 23.9 Å². The van der Waals surface area contributed by atoms with Crippen LogP contribution in [-0.4, -0.2) is 30.9 Å². The van der Waals surface area contributed by atoms with Gasteiger partial charge in [0.15, 0.2) is 0 Å². The first-order valence-electron chi connectivity index (χ1n) is 11.1. The molecule has 180 valence electrons. The van der Waals surface area contributed by atoms with E-state index >= 15 is 0 Å². The molecule has 0 fully saturated rings. The fraction of sp³-hybridized carbons (Fsp3) is 0.320. The van der Waals surface area contributed by atoms with Crippen LogP contribution in [0.2, 0.25) is 0 Å². The summed E-state index contributed by atoms with van der Waals surface area (Å²) in [6, 6.07) is 15.5. The van der Waals surface area contributed by atoms with Crippen LogP contribution >= 0.6 is 0 Å². The van der Waals surface area contributed by atoms with Crippen LogP contribution in [0.15, 0.2) is 59.5 Å². The molecule has 1 amide bonds. The number of nitrogens with one attached hydrogen (secondary N) is 2. The summed E-state index contributed by atoms with van der Waals surface area (Å²) in [4.78, 5) is 20.5. The molecule has 0 aliphatic rings. The van der Waals surface area contributed by atoms with Crippen molar-refractivity contribution in [3.63, 3.8) is 0 Å². The second kappa shape index (κ2) is 11.1. The molecule has 0 aliphatic heterocycles. The molecule has 0 bridgehead atoms. The molecule has 2 aromatic carbocycles. The Bertz CT molecular complexity index is 1200. The van der Waals surface area contributed by atoms with Crippen LogP contribution in [0.4, 0.5) is 11.5 Å². The van der Waals surface area contributed by atoms with Crippen molar-refractivity contribution in [3.05, 3.63) is 71.7 Å². The van der Waals surface area contributed by atoms with Gasteiger partial charge in [0.2, 0.25) is 5.91 Å². The Kier molecular flexibility index (Phi) is 8.22. The van der Waals surface area contributed by atoms with Crippen molar-refractivity contribution in [3.8, 4) is 5.75 Å². The molecular formula is C25H30N4O4S. The number of hydrogen-bond donors (Lipinski definition) is 2. The van der Waals surface area contributed by atoms with Gasteiger partial charge in [-0.2, -0.15) is 0 Å². The number of rotatable bonds is 10. The molecule has 0 unspecified atom stereocenters. The van der Waals surface area contributed by atoms with Crippen LogP contribution in [-0.2, 0) is 14.8 Å².